The maximum absolute atomic E-state index is 12.0. The summed E-state index contributed by atoms with van der Waals surface area (Å²) in [5.41, 5.74) is 7.18. The van der Waals surface area contributed by atoms with Crippen LogP contribution in [0.1, 0.15) is 25.5 Å². The molecular formula is C15H24ClN3O. The smallest absolute Gasteiger partial charge is 0.236 e. The van der Waals surface area contributed by atoms with Crippen LogP contribution >= 0.6 is 11.6 Å². The normalized spacial score (nSPS) is 14.2. The van der Waals surface area contributed by atoms with Crippen molar-refractivity contribution < 1.29 is 4.79 Å². The van der Waals surface area contributed by atoms with Crippen LogP contribution in [0.3, 0.4) is 0 Å². The van der Waals surface area contributed by atoms with Gasteiger partial charge in [-0.1, -0.05) is 30.7 Å². The Hall–Kier alpha value is -1.10. The predicted molar refractivity (Wildman–Crippen MR) is 83.8 cm³/mol. The number of nitrogens with zero attached hydrogens (tertiary/aromatic N) is 2. The van der Waals surface area contributed by atoms with Crippen molar-refractivity contribution >= 4 is 17.5 Å². The van der Waals surface area contributed by atoms with Gasteiger partial charge >= 0.3 is 0 Å². The van der Waals surface area contributed by atoms with E-state index < -0.39 is 0 Å². The van der Waals surface area contributed by atoms with E-state index in [2.05, 4.69) is 4.90 Å². The summed E-state index contributed by atoms with van der Waals surface area (Å²) in [7, 11) is 3.52. The van der Waals surface area contributed by atoms with E-state index >= 15 is 0 Å². The molecule has 0 aliphatic heterocycles. The van der Waals surface area contributed by atoms with Gasteiger partial charge in [0.1, 0.15) is 0 Å². The number of amides is 1. The van der Waals surface area contributed by atoms with Gasteiger partial charge in [0.25, 0.3) is 0 Å². The molecule has 1 rings (SSSR count). The molecule has 20 heavy (non-hydrogen) atoms. The second kappa shape index (κ2) is 7.62. The monoisotopic (exact) mass is 297 g/mol. The van der Waals surface area contributed by atoms with Crippen LogP contribution in [-0.4, -0.2) is 48.9 Å². The average molecular weight is 298 g/mol. The molecule has 0 spiro atoms. The number of nitrogens with two attached hydrogens (primary N) is 1. The van der Waals surface area contributed by atoms with Crippen molar-refractivity contribution in [3.05, 3.63) is 34.9 Å². The maximum Gasteiger partial charge on any atom is 0.236 e. The third-order valence-corrected chi connectivity index (χ3v) is 3.56. The SMILES string of the molecule is CCN(CC(=O)N(C)C)C(c1cccc(Cl)c1)C(C)N. The molecule has 2 unspecified atom stereocenters. The molecule has 0 heterocycles. The number of carbonyl (C=O) groups is 1. The Balaban J connectivity index is 3.01. The minimum atomic E-state index is -0.0941. The van der Waals surface area contributed by atoms with Crippen LogP contribution in [0.4, 0.5) is 0 Å². The van der Waals surface area contributed by atoms with E-state index in [-0.39, 0.29) is 18.0 Å². The van der Waals surface area contributed by atoms with Crippen LogP contribution in [0.2, 0.25) is 5.02 Å². The standard InChI is InChI=1S/C15H24ClN3O/c1-5-19(10-14(20)18(3)4)15(11(2)17)12-7-6-8-13(16)9-12/h6-9,11,15H,5,10,17H2,1-4H3. The average Bonchev–Trinajstić information content (AvgIpc) is 2.37. The van der Waals surface area contributed by atoms with Crippen LogP contribution in [0.25, 0.3) is 0 Å². The van der Waals surface area contributed by atoms with Gasteiger partial charge in [-0.05, 0) is 31.2 Å². The van der Waals surface area contributed by atoms with Gasteiger partial charge in [0.15, 0.2) is 0 Å². The lowest BCUT2D eigenvalue weighted by Gasteiger charge is -2.34. The highest BCUT2D eigenvalue weighted by Crippen LogP contribution is 2.25. The minimum absolute atomic E-state index is 0.0254. The third kappa shape index (κ3) is 4.47. The lowest BCUT2D eigenvalue weighted by atomic mass is 9.99. The van der Waals surface area contributed by atoms with Gasteiger partial charge < -0.3 is 10.6 Å². The van der Waals surface area contributed by atoms with Crippen molar-refractivity contribution in [1.29, 1.82) is 0 Å². The molecule has 0 aliphatic carbocycles. The molecule has 0 saturated heterocycles. The summed E-state index contributed by atoms with van der Waals surface area (Å²) in [6, 6.07) is 7.55. The van der Waals surface area contributed by atoms with E-state index in [4.69, 9.17) is 17.3 Å². The van der Waals surface area contributed by atoms with E-state index in [9.17, 15) is 4.79 Å². The summed E-state index contributed by atoms with van der Waals surface area (Å²) >= 11 is 6.06. The van der Waals surface area contributed by atoms with Gasteiger partial charge in [0.05, 0.1) is 12.6 Å². The van der Waals surface area contributed by atoms with E-state index in [1.54, 1.807) is 19.0 Å². The fourth-order valence-corrected chi connectivity index (χ4v) is 2.46. The third-order valence-electron chi connectivity index (χ3n) is 3.32. The first-order valence-electron chi connectivity index (χ1n) is 6.82. The van der Waals surface area contributed by atoms with E-state index in [0.717, 1.165) is 12.1 Å². The molecule has 0 aliphatic rings. The lowest BCUT2D eigenvalue weighted by Crippen LogP contribution is -2.44. The second-order valence-corrected chi connectivity index (χ2v) is 5.65. The van der Waals surface area contributed by atoms with Crippen molar-refractivity contribution in [2.45, 2.75) is 25.9 Å². The first-order valence-corrected chi connectivity index (χ1v) is 7.19. The molecule has 0 aromatic heterocycles. The van der Waals surface area contributed by atoms with Gasteiger partial charge in [0.2, 0.25) is 5.91 Å². The molecule has 4 nitrogen and oxygen atoms in total. The molecule has 2 N–H and O–H groups in total. The van der Waals surface area contributed by atoms with Gasteiger partial charge in [-0.15, -0.1) is 0 Å². The fraction of sp³-hybridized carbons (Fsp3) is 0.533. The number of halogens is 1. The summed E-state index contributed by atoms with van der Waals surface area (Å²) in [5, 5.41) is 0.683. The summed E-state index contributed by atoms with van der Waals surface area (Å²) in [6.45, 7) is 5.08. The molecule has 0 fully saturated rings. The molecule has 0 bridgehead atoms. The van der Waals surface area contributed by atoms with Crippen LogP contribution in [0.5, 0.6) is 0 Å². The van der Waals surface area contributed by atoms with Crippen molar-refractivity contribution in [2.24, 2.45) is 5.73 Å². The zero-order valence-corrected chi connectivity index (χ0v) is 13.4. The molecule has 1 aromatic carbocycles. The Bertz CT molecular complexity index is 448. The molecule has 0 radical (unpaired) electrons. The van der Waals surface area contributed by atoms with Crippen LogP contribution in [-0.2, 0) is 4.79 Å². The highest BCUT2D eigenvalue weighted by molar-refractivity contribution is 6.30. The Morgan fingerprint density at radius 3 is 2.50 bits per heavy atom. The van der Waals surface area contributed by atoms with E-state index in [1.807, 2.05) is 38.1 Å². The second-order valence-electron chi connectivity index (χ2n) is 5.21. The lowest BCUT2D eigenvalue weighted by molar-refractivity contribution is -0.130. The first kappa shape index (κ1) is 17.0. The highest BCUT2D eigenvalue weighted by Gasteiger charge is 2.25. The molecular weight excluding hydrogens is 274 g/mol. The topological polar surface area (TPSA) is 49.6 Å². The molecule has 112 valence electrons. The number of hydrogen-bond donors (Lipinski definition) is 1. The van der Waals surface area contributed by atoms with Crippen molar-refractivity contribution in [3.8, 4) is 0 Å². The van der Waals surface area contributed by atoms with Crippen molar-refractivity contribution in [1.82, 2.24) is 9.80 Å². The Morgan fingerprint density at radius 1 is 1.40 bits per heavy atom. The highest BCUT2D eigenvalue weighted by atomic mass is 35.5. The number of carbonyl (C=O) groups excluding carboxylic acids is 1. The van der Waals surface area contributed by atoms with Gasteiger partial charge in [0, 0.05) is 25.2 Å². The maximum atomic E-state index is 12.0. The Kier molecular flexibility index (Phi) is 6.46. The predicted octanol–water partition coefficient (Wildman–Crippen LogP) is 2.14. The van der Waals surface area contributed by atoms with Crippen LogP contribution in [0.15, 0.2) is 24.3 Å². The fourth-order valence-electron chi connectivity index (χ4n) is 2.26. The van der Waals surface area contributed by atoms with Crippen LogP contribution in [0, 0.1) is 0 Å². The minimum Gasteiger partial charge on any atom is -0.348 e. The van der Waals surface area contributed by atoms with Crippen molar-refractivity contribution in [3.63, 3.8) is 0 Å². The number of hydrogen-bond acceptors (Lipinski definition) is 3. The number of rotatable bonds is 6. The Morgan fingerprint density at radius 2 is 2.05 bits per heavy atom. The van der Waals surface area contributed by atoms with Gasteiger partial charge in [-0.25, -0.2) is 0 Å². The number of likely N-dealkylation sites (N-methyl/N-ethyl adjacent to an activating group) is 2. The largest absolute Gasteiger partial charge is 0.348 e. The van der Waals surface area contributed by atoms with E-state index in [0.29, 0.717) is 11.6 Å². The zero-order chi connectivity index (χ0) is 15.3. The van der Waals surface area contributed by atoms with E-state index in [1.165, 1.54) is 0 Å². The summed E-state index contributed by atoms with van der Waals surface area (Å²) in [5.74, 6) is 0.0690. The molecule has 1 amide bonds. The van der Waals surface area contributed by atoms with Crippen molar-refractivity contribution in [2.75, 3.05) is 27.2 Å². The first-order chi connectivity index (χ1) is 9.36. The molecule has 1 aromatic rings. The van der Waals surface area contributed by atoms with Gasteiger partial charge in [-0.2, -0.15) is 0 Å². The summed E-state index contributed by atoms with van der Waals surface area (Å²) in [6.07, 6.45) is 0. The molecule has 5 heteroatoms. The zero-order valence-electron chi connectivity index (χ0n) is 12.6. The molecule has 0 saturated carbocycles. The summed E-state index contributed by atoms with van der Waals surface area (Å²) in [4.78, 5) is 15.6. The number of benzene rings is 1. The van der Waals surface area contributed by atoms with Crippen LogP contribution < -0.4 is 5.73 Å². The van der Waals surface area contributed by atoms with Gasteiger partial charge in [-0.3, -0.25) is 9.69 Å². The quantitative estimate of drug-likeness (QED) is 0.875. The Labute approximate surface area is 126 Å². The summed E-state index contributed by atoms with van der Waals surface area (Å²) < 4.78 is 0. The molecule has 2 atom stereocenters.